The van der Waals surface area contributed by atoms with Crippen LogP contribution >= 0.6 is 11.8 Å². The van der Waals surface area contributed by atoms with Gasteiger partial charge in [0.25, 0.3) is 0 Å². The number of methoxy groups -OCH3 is 1. The summed E-state index contributed by atoms with van der Waals surface area (Å²) in [5, 5.41) is 5.16. The largest absolute Gasteiger partial charge is 0.468 e. The summed E-state index contributed by atoms with van der Waals surface area (Å²) in [6, 6.07) is 5.27. The number of esters is 1. The fourth-order valence-electron chi connectivity index (χ4n) is 3.06. The lowest BCUT2D eigenvalue weighted by atomic mass is 9.98. The zero-order valence-electron chi connectivity index (χ0n) is 20.4. The van der Waals surface area contributed by atoms with Gasteiger partial charge in [-0.2, -0.15) is 11.8 Å². The molecular weight excluding hydrogens is 446 g/mol. The van der Waals surface area contributed by atoms with E-state index in [0.717, 1.165) is 5.56 Å². The third-order valence-electron chi connectivity index (χ3n) is 4.70. The monoisotopic (exact) mass is 481 g/mol. The summed E-state index contributed by atoms with van der Waals surface area (Å²) in [4.78, 5) is 51.7. The lowest BCUT2D eigenvalue weighted by molar-refractivity contribution is -0.143. The van der Waals surface area contributed by atoms with E-state index >= 15 is 0 Å². The lowest BCUT2D eigenvalue weighted by Crippen LogP contribution is -2.52. The number of thioether (sulfide) groups is 1. The van der Waals surface area contributed by atoms with E-state index < -0.39 is 41.6 Å². The van der Waals surface area contributed by atoms with Crippen molar-refractivity contribution in [2.24, 2.45) is 0 Å². The highest BCUT2D eigenvalue weighted by atomic mass is 32.2. The van der Waals surface area contributed by atoms with Crippen LogP contribution < -0.4 is 10.6 Å². The second-order valence-electron chi connectivity index (χ2n) is 8.48. The Labute approximate surface area is 199 Å². The van der Waals surface area contributed by atoms with Gasteiger partial charge in [-0.15, -0.1) is 0 Å². The number of alkyl carbamates (subject to hydrolysis) is 1. The maximum Gasteiger partial charge on any atom is 0.408 e. The number of nitrogens with one attached hydrogen (secondary N) is 2. The fourth-order valence-corrected chi connectivity index (χ4v) is 3.53. The van der Waals surface area contributed by atoms with Gasteiger partial charge in [0.05, 0.1) is 7.11 Å². The minimum Gasteiger partial charge on any atom is -0.468 e. The van der Waals surface area contributed by atoms with Crippen LogP contribution in [0.1, 0.15) is 44.4 Å². The molecule has 0 radical (unpaired) electrons. The molecule has 1 aromatic rings. The number of hydrogen-bond acceptors (Lipinski definition) is 7. The van der Waals surface area contributed by atoms with Gasteiger partial charge >= 0.3 is 12.1 Å². The third kappa shape index (κ3) is 9.33. The molecular formula is C23H35N3O6S. The molecule has 0 aliphatic heterocycles. The SMILES string of the molecule is COC(=O)CNC(=O)C(c1ccccc1C)N(C)C(=O)C(CCSC)NC(=O)OC(C)(C)C. The first kappa shape index (κ1) is 28.3. The summed E-state index contributed by atoms with van der Waals surface area (Å²) in [6.45, 7) is 6.70. The number of benzene rings is 1. The molecule has 3 amide bonds. The number of carbonyl (C=O) groups is 4. The van der Waals surface area contributed by atoms with Crippen molar-refractivity contribution in [1.82, 2.24) is 15.5 Å². The van der Waals surface area contributed by atoms with Crippen LogP contribution in [0.15, 0.2) is 24.3 Å². The Morgan fingerprint density at radius 2 is 1.79 bits per heavy atom. The number of hydrogen-bond donors (Lipinski definition) is 2. The van der Waals surface area contributed by atoms with Gasteiger partial charge in [0.2, 0.25) is 11.8 Å². The van der Waals surface area contributed by atoms with Crippen molar-refractivity contribution in [3.63, 3.8) is 0 Å². The predicted octanol–water partition coefficient (Wildman–Crippen LogP) is 2.43. The first-order valence-corrected chi connectivity index (χ1v) is 12.0. The van der Waals surface area contributed by atoms with Crippen LogP contribution in [-0.2, 0) is 23.9 Å². The van der Waals surface area contributed by atoms with Gasteiger partial charge in [-0.3, -0.25) is 14.4 Å². The summed E-state index contributed by atoms with van der Waals surface area (Å²) in [5.74, 6) is -0.975. The van der Waals surface area contributed by atoms with Gasteiger partial charge in [-0.05, 0) is 57.3 Å². The van der Waals surface area contributed by atoms with E-state index in [1.54, 1.807) is 32.9 Å². The van der Waals surface area contributed by atoms with Crippen molar-refractivity contribution >= 4 is 35.6 Å². The zero-order valence-corrected chi connectivity index (χ0v) is 21.2. The van der Waals surface area contributed by atoms with Crippen LogP contribution in [0.3, 0.4) is 0 Å². The number of amides is 3. The molecule has 0 aliphatic rings. The number of rotatable bonds is 10. The normalized spacial score (nSPS) is 12.8. The molecule has 9 nitrogen and oxygen atoms in total. The van der Waals surface area contributed by atoms with Crippen molar-refractivity contribution < 1.29 is 28.7 Å². The van der Waals surface area contributed by atoms with E-state index in [0.29, 0.717) is 17.7 Å². The van der Waals surface area contributed by atoms with E-state index in [-0.39, 0.29) is 6.54 Å². The maximum absolute atomic E-state index is 13.4. The molecule has 0 aliphatic carbocycles. The summed E-state index contributed by atoms with van der Waals surface area (Å²) >= 11 is 1.53. The average molecular weight is 482 g/mol. The Balaban J connectivity index is 3.22. The molecule has 0 fully saturated rings. The molecule has 0 heterocycles. The van der Waals surface area contributed by atoms with Crippen LogP contribution in [0.25, 0.3) is 0 Å². The third-order valence-corrected chi connectivity index (χ3v) is 5.34. The second kappa shape index (κ2) is 13.1. The summed E-state index contributed by atoms with van der Waals surface area (Å²) < 4.78 is 9.89. The fraction of sp³-hybridized carbons (Fsp3) is 0.565. The van der Waals surface area contributed by atoms with Crippen LogP contribution in [0.5, 0.6) is 0 Å². The van der Waals surface area contributed by atoms with Crippen LogP contribution in [0, 0.1) is 6.92 Å². The molecule has 2 N–H and O–H groups in total. The number of ether oxygens (including phenoxy) is 2. The van der Waals surface area contributed by atoms with E-state index in [1.807, 2.05) is 25.3 Å². The summed E-state index contributed by atoms with van der Waals surface area (Å²) in [7, 11) is 2.72. The molecule has 0 saturated heterocycles. The Hall–Kier alpha value is -2.75. The summed E-state index contributed by atoms with van der Waals surface area (Å²) in [5.41, 5.74) is 0.688. The van der Waals surface area contributed by atoms with Gasteiger partial charge < -0.3 is 25.0 Å². The molecule has 0 bridgehead atoms. The van der Waals surface area contributed by atoms with Crippen LogP contribution in [-0.4, -0.2) is 73.1 Å². The van der Waals surface area contributed by atoms with E-state index in [9.17, 15) is 19.2 Å². The van der Waals surface area contributed by atoms with Crippen LogP contribution in [0.4, 0.5) is 4.79 Å². The van der Waals surface area contributed by atoms with Crippen molar-refractivity contribution in [3.05, 3.63) is 35.4 Å². The van der Waals surface area contributed by atoms with Crippen molar-refractivity contribution in [1.29, 1.82) is 0 Å². The van der Waals surface area contributed by atoms with Gasteiger partial charge in [-0.1, -0.05) is 24.3 Å². The molecule has 33 heavy (non-hydrogen) atoms. The lowest BCUT2D eigenvalue weighted by Gasteiger charge is -2.32. The van der Waals surface area contributed by atoms with Gasteiger partial charge in [0, 0.05) is 7.05 Å². The van der Waals surface area contributed by atoms with Crippen LogP contribution in [0.2, 0.25) is 0 Å². The minimum absolute atomic E-state index is 0.328. The maximum atomic E-state index is 13.4. The molecule has 0 saturated carbocycles. The highest BCUT2D eigenvalue weighted by molar-refractivity contribution is 7.98. The molecule has 1 aromatic carbocycles. The highest BCUT2D eigenvalue weighted by Gasteiger charge is 2.34. The van der Waals surface area contributed by atoms with Crippen molar-refractivity contribution in [3.8, 4) is 0 Å². The first-order chi connectivity index (χ1) is 15.4. The smallest absolute Gasteiger partial charge is 0.408 e. The predicted molar refractivity (Wildman–Crippen MR) is 128 cm³/mol. The Kier molecular flexibility index (Phi) is 11.2. The molecule has 10 heteroatoms. The Bertz CT molecular complexity index is 840. The van der Waals surface area contributed by atoms with Gasteiger partial charge in [-0.25, -0.2) is 4.79 Å². The highest BCUT2D eigenvalue weighted by Crippen LogP contribution is 2.24. The van der Waals surface area contributed by atoms with Gasteiger partial charge in [0.1, 0.15) is 24.2 Å². The topological polar surface area (TPSA) is 114 Å². The summed E-state index contributed by atoms with van der Waals surface area (Å²) in [6.07, 6.45) is 1.54. The molecule has 0 aromatic heterocycles. The minimum atomic E-state index is -1.01. The molecule has 1 rings (SSSR count). The van der Waals surface area contributed by atoms with E-state index in [1.165, 1.54) is 30.8 Å². The number of aryl methyl sites for hydroxylation is 1. The average Bonchev–Trinajstić information content (AvgIpc) is 2.74. The quantitative estimate of drug-likeness (QED) is 0.493. The molecule has 2 atom stereocenters. The van der Waals surface area contributed by atoms with Gasteiger partial charge in [0.15, 0.2) is 0 Å². The number of nitrogens with zero attached hydrogens (tertiary/aromatic N) is 1. The Morgan fingerprint density at radius 1 is 1.15 bits per heavy atom. The number of likely N-dealkylation sites (N-methyl/N-ethyl adjacent to an activating group) is 1. The van der Waals surface area contributed by atoms with Crippen molar-refractivity contribution in [2.75, 3.05) is 32.7 Å². The molecule has 0 spiro atoms. The second-order valence-corrected chi connectivity index (χ2v) is 9.47. The Morgan fingerprint density at radius 3 is 2.33 bits per heavy atom. The first-order valence-electron chi connectivity index (χ1n) is 10.6. The van der Waals surface area contributed by atoms with E-state index in [2.05, 4.69) is 15.4 Å². The van der Waals surface area contributed by atoms with Crippen molar-refractivity contribution in [2.45, 2.75) is 51.8 Å². The standard InChI is InChI=1S/C23H35N3O6S/c1-15-10-8-9-11-16(15)19(20(28)24-14-18(27)31-6)26(5)21(29)17(12-13-33-7)25-22(30)32-23(2,3)4/h8-11,17,19H,12-14H2,1-7H3,(H,24,28)(H,25,30). The number of carbonyl (C=O) groups excluding carboxylic acids is 4. The molecule has 184 valence electrons. The molecule has 2 unspecified atom stereocenters. The van der Waals surface area contributed by atoms with E-state index in [4.69, 9.17) is 4.74 Å². The zero-order chi connectivity index (χ0) is 25.2.